The number of rotatable bonds is 7. The smallest absolute Gasteiger partial charge is 0.338 e. The number of nitrogens with zero attached hydrogens (tertiary/aromatic N) is 2. The molecule has 3 rings (SSSR count). The van der Waals surface area contributed by atoms with Crippen molar-refractivity contribution in [3.05, 3.63) is 71.8 Å². The molecule has 1 N–H and O–H groups in total. The Labute approximate surface area is 173 Å². The van der Waals surface area contributed by atoms with Gasteiger partial charge in [0.2, 0.25) is 5.91 Å². The van der Waals surface area contributed by atoms with Gasteiger partial charge < -0.3 is 10.1 Å². The van der Waals surface area contributed by atoms with E-state index in [2.05, 4.69) is 15.5 Å². The van der Waals surface area contributed by atoms with Crippen LogP contribution in [0.25, 0.3) is 11.3 Å². The zero-order valence-corrected chi connectivity index (χ0v) is 17.0. The molecule has 3 aromatic rings. The maximum absolute atomic E-state index is 12.2. The van der Waals surface area contributed by atoms with E-state index in [4.69, 9.17) is 4.74 Å². The molecule has 0 aliphatic heterocycles. The third-order valence-electron chi connectivity index (χ3n) is 4.09. The average molecular weight is 407 g/mol. The van der Waals surface area contributed by atoms with E-state index in [1.807, 2.05) is 43.3 Å². The molecule has 1 amide bonds. The van der Waals surface area contributed by atoms with E-state index >= 15 is 0 Å². The first kappa shape index (κ1) is 20.5. The molecule has 1 heterocycles. The second-order valence-corrected chi connectivity index (χ2v) is 7.20. The lowest BCUT2D eigenvalue weighted by Crippen LogP contribution is -2.14. The number of carbonyl (C=O) groups is 2. The van der Waals surface area contributed by atoms with Crippen molar-refractivity contribution in [3.8, 4) is 11.3 Å². The zero-order valence-electron chi connectivity index (χ0n) is 16.2. The molecule has 0 bridgehead atoms. The summed E-state index contributed by atoms with van der Waals surface area (Å²) in [5.41, 5.74) is 4.04. The number of aromatic nitrogens is 2. The number of anilines is 1. The molecule has 0 atom stereocenters. The van der Waals surface area contributed by atoms with Crippen molar-refractivity contribution in [1.29, 1.82) is 0 Å². The number of nitrogens with one attached hydrogen (secondary N) is 1. The quantitative estimate of drug-likeness (QED) is 0.463. The highest BCUT2D eigenvalue weighted by molar-refractivity contribution is 7.99. The van der Waals surface area contributed by atoms with Crippen LogP contribution in [0.5, 0.6) is 0 Å². The summed E-state index contributed by atoms with van der Waals surface area (Å²) in [6, 6.07) is 18.3. The van der Waals surface area contributed by atoms with Gasteiger partial charge in [-0.05, 0) is 55.8 Å². The number of amides is 1. The second kappa shape index (κ2) is 9.84. The number of carbonyl (C=O) groups excluding carboxylic acids is 2. The van der Waals surface area contributed by atoms with Gasteiger partial charge in [-0.3, -0.25) is 4.79 Å². The van der Waals surface area contributed by atoms with E-state index in [-0.39, 0.29) is 17.6 Å². The monoisotopic (exact) mass is 407 g/mol. The number of thioether (sulfide) groups is 1. The van der Waals surface area contributed by atoms with Gasteiger partial charge >= 0.3 is 5.97 Å². The SMILES string of the molecule is CCOC(=O)c1ccc(NC(=O)CSc2ccc(-c3ccccc3C)nn2)cc1. The predicted molar refractivity (Wildman–Crippen MR) is 114 cm³/mol. The Balaban J connectivity index is 1.53. The van der Waals surface area contributed by atoms with Crippen LogP contribution in [0.4, 0.5) is 5.69 Å². The molecule has 7 heteroatoms. The molecular formula is C22H21N3O3S. The lowest BCUT2D eigenvalue weighted by Gasteiger charge is -2.07. The molecule has 0 fully saturated rings. The van der Waals surface area contributed by atoms with E-state index < -0.39 is 0 Å². The first-order chi connectivity index (χ1) is 14.1. The Hall–Kier alpha value is -3.19. The van der Waals surface area contributed by atoms with Gasteiger partial charge in [-0.25, -0.2) is 4.79 Å². The molecule has 0 spiro atoms. The minimum absolute atomic E-state index is 0.163. The van der Waals surface area contributed by atoms with Crippen LogP contribution in [0.3, 0.4) is 0 Å². The Kier molecular flexibility index (Phi) is 6.97. The fourth-order valence-electron chi connectivity index (χ4n) is 2.64. The van der Waals surface area contributed by atoms with Crippen molar-refractivity contribution in [1.82, 2.24) is 10.2 Å². The standard InChI is InChI=1S/C22H21N3O3S/c1-3-28-22(27)16-8-10-17(11-9-16)23-20(26)14-29-21-13-12-19(24-25-21)18-7-5-4-6-15(18)2/h4-13H,3,14H2,1-2H3,(H,23,26). The summed E-state index contributed by atoms with van der Waals surface area (Å²) in [6.07, 6.45) is 0. The number of hydrogen-bond donors (Lipinski definition) is 1. The Morgan fingerprint density at radius 1 is 1.00 bits per heavy atom. The van der Waals surface area contributed by atoms with Crippen molar-refractivity contribution >= 4 is 29.3 Å². The molecule has 6 nitrogen and oxygen atoms in total. The van der Waals surface area contributed by atoms with Gasteiger partial charge in [-0.15, -0.1) is 10.2 Å². The number of benzene rings is 2. The Bertz CT molecular complexity index is 989. The van der Waals surface area contributed by atoms with Crippen LogP contribution in [-0.2, 0) is 9.53 Å². The summed E-state index contributed by atoms with van der Waals surface area (Å²) in [5.74, 6) is -0.338. The van der Waals surface area contributed by atoms with Gasteiger partial charge in [0, 0.05) is 11.3 Å². The van der Waals surface area contributed by atoms with E-state index in [1.165, 1.54) is 11.8 Å². The molecule has 0 aliphatic rings. The maximum atomic E-state index is 12.2. The van der Waals surface area contributed by atoms with Crippen LogP contribution in [0.2, 0.25) is 0 Å². The van der Waals surface area contributed by atoms with E-state index in [0.717, 1.165) is 16.8 Å². The fourth-order valence-corrected chi connectivity index (χ4v) is 3.26. The Morgan fingerprint density at radius 2 is 1.76 bits per heavy atom. The van der Waals surface area contributed by atoms with Crippen molar-refractivity contribution in [3.63, 3.8) is 0 Å². The van der Waals surface area contributed by atoms with Crippen molar-refractivity contribution < 1.29 is 14.3 Å². The van der Waals surface area contributed by atoms with Crippen molar-refractivity contribution in [2.75, 3.05) is 17.7 Å². The fraction of sp³-hybridized carbons (Fsp3) is 0.182. The van der Waals surface area contributed by atoms with Crippen molar-refractivity contribution in [2.45, 2.75) is 18.9 Å². The van der Waals surface area contributed by atoms with Crippen LogP contribution < -0.4 is 5.32 Å². The highest BCUT2D eigenvalue weighted by Gasteiger charge is 2.09. The van der Waals surface area contributed by atoms with Crippen LogP contribution in [0.15, 0.2) is 65.7 Å². The van der Waals surface area contributed by atoms with Crippen molar-refractivity contribution in [2.24, 2.45) is 0 Å². The lowest BCUT2D eigenvalue weighted by molar-refractivity contribution is -0.113. The third-order valence-corrected chi connectivity index (χ3v) is 5.01. The van der Waals surface area contributed by atoms with E-state index in [9.17, 15) is 9.59 Å². The predicted octanol–water partition coefficient (Wildman–Crippen LogP) is 4.36. The van der Waals surface area contributed by atoms with Crippen LogP contribution in [-0.4, -0.2) is 34.4 Å². The zero-order chi connectivity index (χ0) is 20.6. The summed E-state index contributed by atoms with van der Waals surface area (Å²) in [7, 11) is 0. The minimum atomic E-state index is -0.381. The molecule has 0 radical (unpaired) electrons. The second-order valence-electron chi connectivity index (χ2n) is 6.21. The molecule has 29 heavy (non-hydrogen) atoms. The molecule has 0 saturated carbocycles. The van der Waals surface area contributed by atoms with Crippen LogP contribution >= 0.6 is 11.8 Å². The topological polar surface area (TPSA) is 81.2 Å². The molecular weight excluding hydrogens is 386 g/mol. The minimum Gasteiger partial charge on any atom is -0.462 e. The van der Waals surface area contributed by atoms with Gasteiger partial charge in [-0.2, -0.15) is 0 Å². The summed E-state index contributed by atoms with van der Waals surface area (Å²) >= 11 is 1.31. The van der Waals surface area contributed by atoms with Crippen LogP contribution in [0.1, 0.15) is 22.8 Å². The van der Waals surface area contributed by atoms with E-state index in [0.29, 0.717) is 22.9 Å². The largest absolute Gasteiger partial charge is 0.462 e. The number of aryl methyl sites for hydroxylation is 1. The molecule has 0 saturated heterocycles. The molecule has 2 aromatic carbocycles. The summed E-state index contributed by atoms with van der Waals surface area (Å²) in [4.78, 5) is 23.8. The number of ether oxygens (including phenoxy) is 1. The molecule has 0 aliphatic carbocycles. The summed E-state index contributed by atoms with van der Waals surface area (Å²) < 4.78 is 4.94. The van der Waals surface area contributed by atoms with Gasteiger partial charge in [-0.1, -0.05) is 36.0 Å². The first-order valence-electron chi connectivity index (χ1n) is 9.16. The van der Waals surface area contributed by atoms with Crippen LogP contribution in [0, 0.1) is 6.92 Å². The lowest BCUT2D eigenvalue weighted by atomic mass is 10.1. The molecule has 0 unspecified atom stereocenters. The maximum Gasteiger partial charge on any atom is 0.338 e. The van der Waals surface area contributed by atoms with Gasteiger partial charge in [0.25, 0.3) is 0 Å². The molecule has 148 valence electrons. The van der Waals surface area contributed by atoms with Gasteiger partial charge in [0.1, 0.15) is 5.03 Å². The Morgan fingerprint density at radius 3 is 2.41 bits per heavy atom. The molecule has 1 aromatic heterocycles. The van der Waals surface area contributed by atoms with Gasteiger partial charge in [0.15, 0.2) is 0 Å². The average Bonchev–Trinajstić information content (AvgIpc) is 2.74. The third kappa shape index (κ3) is 5.65. The number of esters is 1. The summed E-state index contributed by atoms with van der Waals surface area (Å²) in [6.45, 7) is 4.11. The number of hydrogen-bond acceptors (Lipinski definition) is 6. The van der Waals surface area contributed by atoms with E-state index in [1.54, 1.807) is 31.2 Å². The highest BCUT2D eigenvalue weighted by atomic mass is 32.2. The first-order valence-corrected chi connectivity index (χ1v) is 10.1. The normalized spacial score (nSPS) is 10.4. The highest BCUT2D eigenvalue weighted by Crippen LogP contribution is 2.22. The van der Waals surface area contributed by atoms with Gasteiger partial charge in [0.05, 0.1) is 23.6 Å². The summed E-state index contributed by atoms with van der Waals surface area (Å²) in [5, 5.41) is 11.9.